The molecule has 0 fully saturated rings. The summed E-state index contributed by atoms with van der Waals surface area (Å²) < 4.78 is 38.5. The molecular formula is C8H6BrF3OZn. The minimum atomic E-state index is -4.63. The average Bonchev–Trinajstić information content (AvgIpc) is 1.82. The summed E-state index contributed by atoms with van der Waals surface area (Å²) in [6.45, 7) is 3.46. The zero-order valence-electron chi connectivity index (χ0n) is 7.14. The van der Waals surface area contributed by atoms with Crippen molar-refractivity contribution in [2.45, 2.75) is 6.36 Å². The van der Waals surface area contributed by atoms with E-state index in [9.17, 15) is 13.2 Å². The summed E-state index contributed by atoms with van der Waals surface area (Å²) in [7, 11) is 0. The quantitative estimate of drug-likeness (QED) is 0.513. The first-order valence-electron chi connectivity index (χ1n) is 3.15. The number of hydrogen-bond donors (Lipinski definition) is 0. The Morgan fingerprint density at radius 3 is 2.21 bits per heavy atom. The molecule has 0 unspecified atom stereocenters. The Morgan fingerprint density at radius 2 is 1.79 bits per heavy atom. The third-order valence-electron chi connectivity index (χ3n) is 1.13. The number of alkyl halides is 3. The molecule has 14 heavy (non-hydrogen) atoms. The van der Waals surface area contributed by atoms with Crippen LogP contribution in [0, 0.1) is 6.92 Å². The molecule has 0 saturated heterocycles. The predicted octanol–water partition coefficient (Wildman–Crippen LogP) is -0.231. The van der Waals surface area contributed by atoms with Crippen molar-refractivity contribution in [2.75, 3.05) is 0 Å². The molecule has 1 rings (SSSR count). The van der Waals surface area contributed by atoms with E-state index in [0.717, 1.165) is 0 Å². The molecule has 0 aromatic heterocycles. The van der Waals surface area contributed by atoms with Crippen LogP contribution in [-0.4, -0.2) is 6.36 Å². The zero-order valence-corrected chi connectivity index (χ0v) is 11.7. The van der Waals surface area contributed by atoms with Gasteiger partial charge in [0.1, 0.15) is 0 Å². The molecule has 0 spiro atoms. The fourth-order valence-corrected chi connectivity index (χ4v) is 0.743. The van der Waals surface area contributed by atoms with Crippen LogP contribution in [0.3, 0.4) is 0 Å². The van der Waals surface area contributed by atoms with Crippen LogP contribution in [0.2, 0.25) is 0 Å². The molecule has 0 atom stereocenters. The minimum absolute atomic E-state index is 0. The molecule has 0 aliphatic heterocycles. The predicted molar refractivity (Wildman–Crippen MR) is 37.6 cm³/mol. The van der Waals surface area contributed by atoms with Crippen molar-refractivity contribution in [1.29, 1.82) is 0 Å². The van der Waals surface area contributed by atoms with Crippen molar-refractivity contribution < 1.29 is 54.4 Å². The molecule has 0 bridgehead atoms. The van der Waals surface area contributed by atoms with E-state index in [1.165, 1.54) is 18.2 Å². The summed E-state index contributed by atoms with van der Waals surface area (Å²) in [5.74, 6) is -0.241. The molecule has 0 amide bonds. The van der Waals surface area contributed by atoms with Gasteiger partial charge in [-0.25, -0.2) is 0 Å². The maximum Gasteiger partial charge on any atom is 2.00 e. The van der Waals surface area contributed by atoms with E-state index in [0.29, 0.717) is 5.56 Å². The van der Waals surface area contributed by atoms with Crippen LogP contribution < -0.4 is 21.7 Å². The van der Waals surface area contributed by atoms with Gasteiger partial charge in [0.2, 0.25) is 0 Å². The van der Waals surface area contributed by atoms with E-state index in [1.54, 1.807) is 6.07 Å². The van der Waals surface area contributed by atoms with E-state index in [1.807, 2.05) is 0 Å². The number of halogens is 4. The van der Waals surface area contributed by atoms with Gasteiger partial charge in [-0.15, -0.1) is 25.3 Å². The Morgan fingerprint density at radius 1 is 1.21 bits per heavy atom. The molecule has 0 saturated carbocycles. The molecule has 1 nitrogen and oxygen atoms in total. The molecule has 0 aliphatic rings. The second-order valence-corrected chi connectivity index (χ2v) is 2.20. The van der Waals surface area contributed by atoms with E-state index in [-0.39, 0.29) is 42.2 Å². The fourth-order valence-electron chi connectivity index (χ4n) is 0.743. The summed E-state index contributed by atoms with van der Waals surface area (Å²) in [5.41, 5.74) is 0.483. The molecule has 0 N–H and O–H groups in total. The molecule has 6 heteroatoms. The SMILES string of the molecule is [Br-].[CH2-]c1cccc(OC(F)(F)F)c1.[Zn+2]. The number of benzene rings is 1. The van der Waals surface area contributed by atoms with Gasteiger partial charge in [0.15, 0.2) is 0 Å². The smallest absolute Gasteiger partial charge is 1.00 e. The molecular weight excluding hydrogens is 314 g/mol. The van der Waals surface area contributed by atoms with E-state index in [2.05, 4.69) is 11.7 Å². The van der Waals surface area contributed by atoms with Gasteiger partial charge in [-0.05, 0) is 6.07 Å². The Kier molecular flexibility index (Phi) is 7.30. The van der Waals surface area contributed by atoms with Crippen LogP contribution >= 0.6 is 0 Å². The maximum absolute atomic E-state index is 11.6. The second-order valence-electron chi connectivity index (χ2n) is 2.20. The van der Waals surface area contributed by atoms with Gasteiger partial charge in [0.05, 0.1) is 5.75 Å². The third kappa shape index (κ3) is 6.27. The molecule has 1 aromatic carbocycles. The Labute approximate surface area is 103 Å². The molecule has 1 aromatic rings. The van der Waals surface area contributed by atoms with Crippen molar-refractivity contribution in [1.82, 2.24) is 0 Å². The first-order valence-corrected chi connectivity index (χ1v) is 3.15. The zero-order chi connectivity index (χ0) is 9.19. The average molecular weight is 320 g/mol. The van der Waals surface area contributed by atoms with Crippen molar-refractivity contribution in [2.24, 2.45) is 0 Å². The monoisotopic (exact) mass is 318 g/mol. The largest absolute Gasteiger partial charge is 2.00 e. The van der Waals surface area contributed by atoms with Crippen LogP contribution in [0.15, 0.2) is 24.3 Å². The van der Waals surface area contributed by atoms with Crippen molar-refractivity contribution in [3.8, 4) is 5.75 Å². The van der Waals surface area contributed by atoms with Crippen molar-refractivity contribution >= 4 is 0 Å². The van der Waals surface area contributed by atoms with Crippen LogP contribution in [0.5, 0.6) is 5.75 Å². The molecule has 0 aliphatic carbocycles. The molecule has 74 valence electrons. The van der Waals surface area contributed by atoms with Gasteiger partial charge >= 0.3 is 25.8 Å². The Balaban J connectivity index is 0. The summed E-state index contributed by atoms with van der Waals surface area (Å²) in [5, 5.41) is 0. The van der Waals surface area contributed by atoms with Gasteiger partial charge in [-0.2, -0.15) is 18.6 Å². The maximum atomic E-state index is 11.6. The van der Waals surface area contributed by atoms with Crippen LogP contribution in [-0.2, 0) is 19.5 Å². The van der Waals surface area contributed by atoms with E-state index in [4.69, 9.17) is 0 Å². The van der Waals surface area contributed by atoms with Crippen molar-refractivity contribution in [3.05, 3.63) is 36.8 Å². The van der Waals surface area contributed by atoms with Crippen molar-refractivity contribution in [3.63, 3.8) is 0 Å². The first kappa shape index (κ1) is 16.2. The number of hydrogen-bond acceptors (Lipinski definition) is 1. The molecule has 0 heterocycles. The van der Waals surface area contributed by atoms with Crippen LogP contribution in [0.1, 0.15) is 5.56 Å². The molecule has 0 radical (unpaired) electrons. The fraction of sp³-hybridized carbons (Fsp3) is 0.125. The normalized spacial score (nSPS) is 9.64. The van der Waals surface area contributed by atoms with E-state index >= 15 is 0 Å². The first-order chi connectivity index (χ1) is 5.47. The topological polar surface area (TPSA) is 9.23 Å². The van der Waals surface area contributed by atoms with Crippen LogP contribution in [0.4, 0.5) is 13.2 Å². The summed E-state index contributed by atoms with van der Waals surface area (Å²) in [6, 6.07) is 5.47. The Bertz CT molecular complexity index is 278. The van der Waals surface area contributed by atoms with E-state index < -0.39 is 6.36 Å². The Hall–Kier alpha value is -0.217. The van der Waals surface area contributed by atoms with Gasteiger partial charge in [0, 0.05) is 0 Å². The summed E-state index contributed by atoms with van der Waals surface area (Å²) >= 11 is 0. The second kappa shape index (κ2) is 6.30. The summed E-state index contributed by atoms with van der Waals surface area (Å²) in [6.07, 6.45) is -4.63. The van der Waals surface area contributed by atoms with Gasteiger partial charge < -0.3 is 21.7 Å². The minimum Gasteiger partial charge on any atom is -1.00 e. The van der Waals surface area contributed by atoms with Gasteiger partial charge in [-0.3, -0.25) is 0 Å². The number of ether oxygens (including phenoxy) is 1. The van der Waals surface area contributed by atoms with Gasteiger partial charge in [0.25, 0.3) is 0 Å². The van der Waals surface area contributed by atoms with Gasteiger partial charge in [-0.1, -0.05) is 0 Å². The van der Waals surface area contributed by atoms with Crippen LogP contribution in [0.25, 0.3) is 0 Å². The third-order valence-corrected chi connectivity index (χ3v) is 1.13. The standard InChI is InChI=1S/C8H6F3O.BrH.Zn/c1-6-3-2-4-7(5-6)12-8(9,10)11;;/h2-5H,1H2;1H;/q-1;;+2/p-1. The summed E-state index contributed by atoms with van der Waals surface area (Å²) in [4.78, 5) is 0. The number of rotatable bonds is 1.